The normalized spacial score (nSPS) is 23.8. The van der Waals surface area contributed by atoms with Crippen molar-refractivity contribution in [2.24, 2.45) is 0 Å². The molecular formula is C24H29BrN2O3. The molecule has 2 aromatic carbocycles. The Morgan fingerprint density at radius 3 is 2.40 bits per heavy atom. The molecule has 2 aliphatic heterocycles. The second-order valence-electron chi connectivity index (χ2n) is 8.10. The van der Waals surface area contributed by atoms with Gasteiger partial charge in [-0.25, -0.2) is 4.79 Å². The molecule has 2 aliphatic rings. The zero-order valence-electron chi connectivity index (χ0n) is 17.4. The molecule has 6 heteroatoms. The minimum absolute atomic E-state index is 0.0291. The Kier molecular flexibility index (Phi) is 6.76. The summed E-state index contributed by atoms with van der Waals surface area (Å²) in [7, 11) is 0. The fourth-order valence-electron chi connectivity index (χ4n) is 4.37. The van der Waals surface area contributed by atoms with E-state index in [1.54, 1.807) is 0 Å². The fourth-order valence-corrected chi connectivity index (χ4v) is 4.64. The monoisotopic (exact) mass is 472 g/mol. The number of benzene rings is 2. The SMILES string of the molecule is C[C@@H](c1ccc(Br)cc1)N1CCC(CCN2CCOCC2)(c2ccccc2)OC1=O. The van der Waals surface area contributed by atoms with E-state index in [4.69, 9.17) is 9.47 Å². The highest BCUT2D eigenvalue weighted by atomic mass is 79.9. The summed E-state index contributed by atoms with van der Waals surface area (Å²) in [5, 5.41) is 0. The fraction of sp³-hybridized carbons (Fsp3) is 0.458. The zero-order valence-corrected chi connectivity index (χ0v) is 19.0. The number of amides is 1. The van der Waals surface area contributed by atoms with Gasteiger partial charge < -0.3 is 14.4 Å². The lowest BCUT2D eigenvalue weighted by atomic mass is 9.85. The Balaban J connectivity index is 1.51. The van der Waals surface area contributed by atoms with E-state index in [0.29, 0.717) is 6.54 Å². The third kappa shape index (κ3) is 4.71. The molecule has 2 saturated heterocycles. The summed E-state index contributed by atoms with van der Waals surface area (Å²) in [5.41, 5.74) is 1.62. The smallest absolute Gasteiger partial charge is 0.411 e. The Morgan fingerprint density at radius 2 is 1.73 bits per heavy atom. The highest BCUT2D eigenvalue weighted by Gasteiger charge is 2.43. The van der Waals surface area contributed by atoms with E-state index in [9.17, 15) is 4.79 Å². The largest absolute Gasteiger partial charge is 0.438 e. The average Bonchev–Trinajstić information content (AvgIpc) is 2.79. The molecule has 4 rings (SSSR count). The first-order valence-corrected chi connectivity index (χ1v) is 11.5. The number of carbonyl (C=O) groups is 1. The van der Waals surface area contributed by atoms with Crippen LogP contribution in [0.4, 0.5) is 4.79 Å². The van der Waals surface area contributed by atoms with Crippen LogP contribution < -0.4 is 0 Å². The first-order valence-electron chi connectivity index (χ1n) is 10.7. The van der Waals surface area contributed by atoms with Crippen LogP contribution in [0.3, 0.4) is 0 Å². The maximum Gasteiger partial charge on any atom is 0.411 e. The third-order valence-corrected chi connectivity index (χ3v) is 6.86. The van der Waals surface area contributed by atoms with Crippen LogP contribution in [0.2, 0.25) is 0 Å². The molecule has 1 unspecified atom stereocenters. The molecule has 0 N–H and O–H groups in total. The molecule has 0 bridgehead atoms. The summed E-state index contributed by atoms with van der Waals surface area (Å²) >= 11 is 3.48. The van der Waals surface area contributed by atoms with Crippen LogP contribution in [0.5, 0.6) is 0 Å². The molecule has 2 aromatic rings. The second-order valence-corrected chi connectivity index (χ2v) is 9.02. The Bertz CT molecular complexity index is 839. The zero-order chi connectivity index (χ0) is 21.0. The molecular weight excluding hydrogens is 444 g/mol. The number of cyclic esters (lactones) is 1. The van der Waals surface area contributed by atoms with Crippen molar-refractivity contribution in [3.05, 3.63) is 70.2 Å². The van der Waals surface area contributed by atoms with Crippen molar-refractivity contribution < 1.29 is 14.3 Å². The van der Waals surface area contributed by atoms with Gasteiger partial charge in [-0.2, -0.15) is 0 Å². The first-order chi connectivity index (χ1) is 14.6. The van der Waals surface area contributed by atoms with Crippen LogP contribution in [0.15, 0.2) is 59.1 Å². The maximum absolute atomic E-state index is 13.2. The highest BCUT2D eigenvalue weighted by molar-refractivity contribution is 9.10. The highest BCUT2D eigenvalue weighted by Crippen LogP contribution is 2.39. The van der Waals surface area contributed by atoms with Crippen molar-refractivity contribution >= 4 is 22.0 Å². The Labute approximate surface area is 187 Å². The van der Waals surface area contributed by atoms with E-state index in [-0.39, 0.29) is 12.1 Å². The van der Waals surface area contributed by atoms with Gasteiger partial charge in [0.15, 0.2) is 0 Å². The van der Waals surface area contributed by atoms with Gasteiger partial charge >= 0.3 is 6.09 Å². The van der Waals surface area contributed by atoms with Crippen molar-refractivity contribution in [3.63, 3.8) is 0 Å². The Hall–Kier alpha value is -1.89. The van der Waals surface area contributed by atoms with Crippen LogP contribution in [-0.2, 0) is 15.1 Å². The van der Waals surface area contributed by atoms with Gasteiger partial charge in [0.1, 0.15) is 5.60 Å². The minimum atomic E-state index is -0.577. The molecule has 0 aliphatic carbocycles. The topological polar surface area (TPSA) is 42.0 Å². The van der Waals surface area contributed by atoms with E-state index in [2.05, 4.69) is 52.0 Å². The summed E-state index contributed by atoms with van der Waals surface area (Å²) in [5.74, 6) is 0. The molecule has 2 atom stereocenters. The van der Waals surface area contributed by atoms with E-state index in [1.807, 2.05) is 35.2 Å². The molecule has 5 nitrogen and oxygen atoms in total. The van der Waals surface area contributed by atoms with E-state index >= 15 is 0 Å². The standard InChI is InChI=1S/C24H29BrN2O3/c1-19(20-7-9-22(25)10-8-20)27-14-12-24(30-23(27)28,21-5-3-2-4-6-21)11-13-26-15-17-29-18-16-26/h2-10,19H,11-18H2,1H3/t19-,24?/m0/s1. The van der Waals surface area contributed by atoms with Gasteiger partial charge in [-0.15, -0.1) is 0 Å². The third-order valence-electron chi connectivity index (χ3n) is 6.33. The first kappa shape index (κ1) is 21.3. The van der Waals surface area contributed by atoms with Gasteiger partial charge in [0, 0.05) is 43.5 Å². The molecule has 0 radical (unpaired) electrons. The predicted octanol–water partition coefficient (Wildman–Crippen LogP) is 4.97. The number of hydrogen-bond acceptors (Lipinski definition) is 4. The lowest BCUT2D eigenvalue weighted by molar-refractivity contribution is -0.0726. The molecule has 2 heterocycles. The quantitative estimate of drug-likeness (QED) is 0.594. The van der Waals surface area contributed by atoms with E-state index < -0.39 is 5.60 Å². The van der Waals surface area contributed by atoms with Crippen molar-refractivity contribution in [1.29, 1.82) is 0 Å². The van der Waals surface area contributed by atoms with Gasteiger partial charge in [-0.05, 0) is 30.2 Å². The number of hydrogen-bond donors (Lipinski definition) is 0. The van der Waals surface area contributed by atoms with Gasteiger partial charge in [0.2, 0.25) is 0 Å². The number of morpholine rings is 1. The number of halogens is 1. The number of ether oxygens (including phenoxy) is 2. The molecule has 0 spiro atoms. The Morgan fingerprint density at radius 1 is 1.03 bits per heavy atom. The maximum atomic E-state index is 13.2. The van der Waals surface area contributed by atoms with Crippen molar-refractivity contribution in [2.45, 2.75) is 31.4 Å². The molecule has 160 valence electrons. The van der Waals surface area contributed by atoms with Crippen molar-refractivity contribution in [2.75, 3.05) is 39.4 Å². The molecule has 1 amide bonds. The molecule has 30 heavy (non-hydrogen) atoms. The summed E-state index contributed by atoms with van der Waals surface area (Å²) in [6.07, 6.45) is 1.35. The van der Waals surface area contributed by atoms with Crippen LogP contribution in [0.1, 0.15) is 36.9 Å². The predicted molar refractivity (Wildman–Crippen MR) is 120 cm³/mol. The average molecular weight is 473 g/mol. The number of rotatable bonds is 6. The van der Waals surface area contributed by atoms with Crippen molar-refractivity contribution in [1.82, 2.24) is 9.80 Å². The van der Waals surface area contributed by atoms with Crippen LogP contribution in [0.25, 0.3) is 0 Å². The van der Waals surface area contributed by atoms with Gasteiger partial charge in [0.25, 0.3) is 0 Å². The minimum Gasteiger partial charge on any atom is -0.438 e. The second kappa shape index (κ2) is 9.50. The van der Waals surface area contributed by atoms with Crippen LogP contribution in [0, 0.1) is 0 Å². The van der Waals surface area contributed by atoms with Gasteiger partial charge in [0.05, 0.1) is 19.3 Å². The summed E-state index contributed by atoms with van der Waals surface area (Å²) < 4.78 is 12.8. The lowest BCUT2D eigenvalue weighted by Crippen LogP contribution is -2.50. The van der Waals surface area contributed by atoms with Crippen LogP contribution >= 0.6 is 15.9 Å². The summed E-state index contributed by atoms with van der Waals surface area (Å²) in [4.78, 5) is 17.4. The van der Waals surface area contributed by atoms with Crippen LogP contribution in [-0.4, -0.2) is 55.3 Å². The molecule has 0 saturated carbocycles. The van der Waals surface area contributed by atoms with E-state index in [1.165, 1.54) is 0 Å². The lowest BCUT2D eigenvalue weighted by Gasteiger charge is -2.44. The van der Waals surface area contributed by atoms with E-state index in [0.717, 1.165) is 61.3 Å². The molecule has 2 fully saturated rings. The number of nitrogens with zero attached hydrogens (tertiary/aromatic N) is 2. The summed E-state index contributed by atoms with van der Waals surface area (Å²) in [6.45, 7) is 7.06. The number of carbonyl (C=O) groups excluding carboxylic acids is 1. The van der Waals surface area contributed by atoms with Crippen molar-refractivity contribution in [3.8, 4) is 0 Å². The summed E-state index contributed by atoms with van der Waals surface area (Å²) in [6, 6.07) is 18.3. The van der Waals surface area contributed by atoms with Gasteiger partial charge in [-0.1, -0.05) is 58.4 Å². The molecule has 0 aromatic heterocycles. The van der Waals surface area contributed by atoms with Gasteiger partial charge in [-0.3, -0.25) is 4.90 Å².